The first-order chi connectivity index (χ1) is 8.00. The van der Waals surface area contributed by atoms with Crippen molar-refractivity contribution in [1.29, 1.82) is 0 Å². The number of benzene rings is 1. The van der Waals surface area contributed by atoms with Gasteiger partial charge in [-0.05, 0) is 18.2 Å². The molecular weight excluding hydrogens is 303 g/mol. The van der Waals surface area contributed by atoms with Gasteiger partial charge in [-0.3, -0.25) is 0 Å². The Labute approximate surface area is 110 Å². The second kappa shape index (κ2) is 5.96. The first-order valence-corrected chi connectivity index (χ1v) is 4.69. The third kappa shape index (κ3) is 5.23. The molecule has 0 aliphatic rings. The van der Waals surface area contributed by atoms with Crippen LogP contribution < -0.4 is 5.73 Å². The summed E-state index contributed by atoms with van der Waals surface area (Å²) in [7, 11) is 0. The lowest BCUT2D eigenvalue weighted by Gasteiger charge is -2.16. The quantitative estimate of drug-likeness (QED) is 0.813. The molecule has 19 heavy (non-hydrogen) atoms. The van der Waals surface area contributed by atoms with Crippen LogP contribution in [0.1, 0.15) is 23.6 Å². The van der Waals surface area contributed by atoms with Crippen LogP contribution in [0.3, 0.4) is 0 Å². The molecule has 1 atom stereocenters. The Hall–Kier alpha value is -1.02. The molecule has 0 unspecified atom stereocenters. The zero-order chi connectivity index (χ0) is 14.1. The van der Waals surface area contributed by atoms with Gasteiger partial charge in [-0.1, -0.05) is 0 Å². The van der Waals surface area contributed by atoms with E-state index in [2.05, 4.69) is 0 Å². The summed E-state index contributed by atoms with van der Waals surface area (Å²) < 4.78 is 86.2. The molecule has 0 aliphatic carbocycles. The molecule has 9 heteroatoms. The fraction of sp³-hybridized carbons (Fsp3) is 0.400. The molecular formula is C10H9ClF7N. The van der Waals surface area contributed by atoms with Crippen LogP contribution in [-0.4, -0.2) is 6.18 Å². The minimum Gasteiger partial charge on any atom is -0.324 e. The van der Waals surface area contributed by atoms with Gasteiger partial charge in [-0.2, -0.15) is 26.3 Å². The molecule has 0 spiro atoms. The first kappa shape index (κ1) is 18.0. The smallest absolute Gasteiger partial charge is 0.324 e. The van der Waals surface area contributed by atoms with Crippen LogP contribution in [-0.2, 0) is 6.18 Å². The van der Waals surface area contributed by atoms with E-state index in [4.69, 9.17) is 5.73 Å². The highest BCUT2D eigenvalue weighted by molar-refractivity contribution is 5.85. The van der Waals surface area contributed by atoms with Gasteiger partial charge in [-0.15, -0.1) is 12.4 Å². The number of hydrogen-bond acceptors (Lipinski definition) is 1. The largest absolute Gasteiger partial charge is 0.416 e. The Morgan fingerprint density at radius 3 is 2.00 bits per heavy atom. The van der Waals surface area contributed by atoms with Gasteiger partial charge in [0.15, 0.2) is 0 Å². The predicted molar refractivity (Wildman–Crippen MR) is 56.3 cm³/mol. The van der Waals surface area contributed by atoms with E-state index in [9.17, 15) is 30.7 Å². The molecule has 2 N–H and O–H groups in total. The molecule has 1 rings (SSSR count). The van der Waals surface area contributed by atoms with E-state index in [0.29, 0.717) is 18.2 Å². The number of rotatable bonds is 2. The zero-order valence-corrected chi connectivity index (χ0v) is 9.96. The van der Waals surface area contributed by atoms with Crippen molar-refractivity contribution in [2.75, 3.05) is 0 Å². The van der Waals surface area contributed by atoms with Crippen molar-refractivity contribution in [2.45, 2.75) is 24.8 Å². The standard InChI is InChI=1S/C10H8F7N.ClH/c11-7-2-1-5(10(15,16)17)3-6(7)8(18)4-9(12,13)14;/h1-3,8H,4,18H2;1H/t8-;/m0./s1. The molecule has 1 nitrogen and oxygen atoms in total. The Morgan fingerprint density at radius 2 is 1.58 bits per heavy atom. The molecule has 0 saturated carbocycles. The third-order valence-electron chi connectivity index (χ3n) is 2.17. The van der Waals surface area contributed by atoms with E-state index in [1.54, 1.807) is 0 Å². The molecule has 0 aliphatic heterocycles. The number of halogens is 8. The van der Waals surface area contributed by atoms with Crippen LogP contribution in [0.5, 0.6) is 0 Å². The maximum absolute atomic E-state index is 13.2. The molecule has 0 aromatic heterocycles. The van der Waals surface area contributed by atoms with E-state index in [1.807, 2.05) is 0 Å². The lowest BCUT2D eigenvalue weighted by atomic mass is 10.0. The predicted octanol–water partition coefficient (Wildman–Crippen LogP) is 4.22. The third-order valence-corrected chi connectivity index (χ3v) is 2.17. The van der Waals surface area contributed by atoms with Crippen molar-refractivity contribution in [3.8, 4) is 0 Å². The highest BCUT2D eigenvalue weighted by atomic mass is 35.5. The van der Waals surface area contributed by atoms with Crippen molar-refractivity contribution >= 4 is 12.4 Å². The average Bonchev–Trinajstić information content (AvgIpc) is 2.13. The molecule has 110 valence electrons. The SMILES string of the molecule is Cl.N[C@@H](CC(F)(F)F)c1cc(C(F)(F)F)ccc1F. The van der Waals surface area contributed by atoms with E-state index in [-0.39, 0.29) is 12.4 Å². The normalized spacial score (nSPS) is 13.9. The average molecular weight is 312 g/mol. The van der Waals surface area contributed by atoms with Crippen LogP contribution in [0, 0.1) is 5.82 Å². The number of hydrogen-bond donors (Lipinski definition) is 1. The maximum Gasteiger partial charge on any atom is 0.416 e. The number of alkyl halides is 6. The Balaban J connectivity index is 0.00000324. The van der Waals surface area contributed by atoms with Gasteiger partial charge in [0.05, 0.1) is 12.0 Å². The van der Waals surface area contributed by atoms with Crippen molar-refractivity contribution in [1.82, 2.24) is 0 Å². The summed E-state index contributed by atoms with van der Waals surface area (Å²) in [4.78, 5) is 0. The van der Waals surface area contributed by atoms with Crippen LogP contribution >= 0.6 is 12.4 Å². The van der Waals surface area contributed by atoms with Gasteiger partial charge < -0.3 is 5.73 Å². The highest BCUT2D eigenvalue weighted by Crippen LogP contribution is 2.34. The maximum atomic E-state index is 13.2. The van der Waals surface area contributed by atoms with Crippen molar-refractivity contribution < 1.29 is 30.7 Å². The van der Waals surface area contributed by atoms with Gasteiger partial charge >= 0.3 is 12.4 Å². The molecule has 0 amide bonds. The zero-order valence-electron chi connectivity index (χ0n) is 9.15. The molecule has 1 aromatic carbocycles. The summed E-state index contributed by atoms with van der Waals surface area (Å²) >= 11 is 0. The minimum atomic E-state index is -4.76. The molecule has 0 saturated heterocycles. The fourth-order valence-corrected chi connectivity index (χ4v) is 1.36. The van der Waals surface area contributed by atoms with Crippen LogP contribution in [0.4, 0.5) is 30.7 Å². The summed E-state index contributed by atoms with van der Waals surface area (Å²) in [6.07, 6.45) is -11.0. The van der Waals surface area contributed by atoms with E-state index in [1.165, 1.54) is 0 Å². The van der Waals surface area contributed by atoms with E-state index >= 15 is 0 Å². The van der Waals surface area contributed by atoms with Crippen LogP contribution in [0.2, 0.25) is 0 Å². The van der Waals surface area contributed by atoms with E-state index in [0.717, 1.165) is 0 Å². The summed E-state index contributed by atoms with van der Waals surface area (Å²) in [5.74, 6) is -1.19. The summed E-state index contributed by atoms with van der Waals surface area (Å²) in [5.41, 5.74) is 3.02. The van der Waals surface area contributed by atoms with Crippen molar-refractivity contribution in [3.05, 3.63) is 35.1 Å². The van der Waals surface area contributed by atoms with Gasteiger partial charge in [-0.25, -0.2) is 4.39 Å². The van der Waals surface area contributed by atoms with Crippen molar-refractivity contribution in [2.24, 2.45) is 5.73 Å². The van der Waals surface area contributed by atoms with Gasteiger partial charge in [0.2, 0.25) is 0 Å². The summed E-state index contributed by atoms with van der Waals surface area (Å²) in [5, 5.41) is 0. The lowest BCUT2D eigenvalue weighted by Crippen LogP contribution is -2.21. The van der Waals surface area contributed by atoms with Crippen molar-refractivity contribution in [3.63, 3.8) is 0 Å². The molecule has 0 bridgehead atoms. The molecule has 0 heterocycles. The minimum absolute atomic E-state index is 0. The molecule has 0 fully saturated rings. The van der Waals surface area contributed by atoms with Crippen LogP contribution in [0.15, 0.2) is 18.2 Å². The molecule has 1 aromatic rings. The Bertz CT molecular complexity index is 427. The topological polar surface area (TPSA) is 26.0 Å². The van der Waals surface area contributed by atoms with Gasteiger partial charge in [0.1, 0.15) is 5.82 Å². The second-order valence-electron chi connectivity index (χ2n) is 3.66. The molecule has 0 radical (unpaired) electrons. The lowest BCUT2D eigenvalue weighted by molar-refractivity contribution is -0.138. The fourth-order valence-electron chi connectivity index (χ4n) is 1.36. The Morgan fingerprint density at radius 1 is 1.05 bits per heavy atom. The summed E-state index contributed by atoms with van der Waals surface area (Å²) in [6.45, 7) is 0. The summed E-state index contributed by atoms with van der Waals surface area (Å²) in [6, 6.07) is -0.675. The van der Waals surface area contributed by atoms with Gasteiger partial charge in [0.25, 0.3) is 0 Å². The monoisotopic (exact) mass is 311 g/mol. The second-order valence-corrected chi connectivity index (χ2v) is 3.66. The van der Waals surface area contributed by atoms with Gasteiger partial charge in [0, 0.05) is 11.6 Å². The highest BCUT2D eigenvalue weighted by Gasteiger charge is 2.35. The Kier molecular flexibility index (Phi) is 5.64. The van der Waals surface area contributed by atoms with E-state index < -0.39 is 41.8 Å². The first-order valence-electron chi connectivity index (χ1n) is 4.69. The number of nitrogens with two attached hydrogens (primary N) is 1. The van der Waals surface area contributed by atoms with Crippen LogP contribution in [0.25, 0.3) is 0 Å².